The number of likely N-dealkylation sites (tertiary alicyclic amines) is 1. The molecule has 0 aromatic heterocycles. The van der Waals surface area contributed by atoms with Gasteiger partial charge in [0.1, 0.15) is 0 Å². The zero-order chi connectivity index (χ0) is 16.8. The summed E-state index contributed by atoms with van der Waals surface area (Å²) in [7, 11) is 0. The van der Waals surface area contributed by atoms with Crippen LogP contribution in [0.4, 0.5) is 4.79 Å². The molecule has 1 saturated heterocycles. The number of nitrogens with one attached hydrogen (secondary N) is 2. The van der Waals surface area contributed by atoms with Crippen LogP contribution in [0.3, 0.4) is 0 Å². The van der Waals surface area contributed by atoms with Crippen LogP contribution in [0, 0.1) is 0 Å². The Balaban J connectivity index is 1.35. The molecule has 0 aromatic rings. The summed E-state index contributed by atoms with van der Waals surface area (Å²) in [6.45, 7) is 2.61. The van der Waals surface area contributed by atoms with Crippen LogP contribution in [0.1, 0.15) is 77.0 Å². The summed E-state index contributed by atoms with van der Waals surface area (Å²) in [5, 5.41) is 16.6. The molecule has 2 aliphatic carbocycles. The maximum Gasteiger partial charge on any atom is 0.315 e. The first kappa shape index (κ1) is 18.0. The minimum atomic E-state index is -0.695. The van der Waals surface area contributed by atoms with Gasteiger partial charge in [-0.05, 0) is 38.5 Å². The van der Waals surface area contributed by atoms with E-state index in [4.69, 9.17) is 0 Å². The van der Waals surface area contributed by atoms with E-state index in [-0.39, 0.29) is 12.1 Å². The van der Waals surface area contributed by atoms with Gasteiger partial charge in [0.05, 0.1) is 5.60 Å². The molecule has 0 bridgehead atoms. The van der Waals surface area contributed by atoms with Crippen LogP contribution < -0.4 is 10.6 Å². The van der Waals surface area contributed by atoms with Crippen molar-refractivity contribution in [2.75, 3.05) is 19.6 Å². The fraction of sp³-hybridized carbons (Fsp3) is 0.947. The zero-order valence-electron chi connectivity index (χ0n) is 15.1. The topological polar surface area (TPSA) is 64.6 Å². The van der Waals surface area contributed by atoms with Crippen molar-refractivity contribution < 1.29 is 9.90 Å². The highest BCUT2D eigenvalue weighted by molar-refractivity contribution is 5.74. The molecule has 24 heavy (non-hydrogen) atoms. The van der Waals surface area contributed by atoms with E-state index >= 15 is 0 Å². The number of nitrogens with zero attached hydrogens (tertiary/aromatic N) is 1. The Labute approximate surface area is 146 Å². The second-order valence-electron chi connectivity index (χ2n) is 8.21. The average Bonchev–Trinajstić information content (AvgIpc) is 3.03. The van der Waals surface area contributed by atoms with Crippen molar-refractivity contribution in [3.05, 3.63) is 0 Å². The highest BCUT2D eigenvalue weighted by Crippen LogP contribution is 2.27. The molecular formula is C19H35N3O2. The summed E-state index contributed by atoms with van der Waals surface area (Å²) < 4.78 is 0. The normalized spacial score (nSPS) is 26.9. The van der Waals surface area contributed by atoms with Crippen molar-refractivity contribution in [1.29, 1.82) is 0 Å². The van der Waals surface area contributed by atoms with Gasteiger partial charge in [0, 0.05) is 31.7 Å². The third-order valence-electron chi connectivity index (χ3n) is 6.32. The molecule has 5 nitrogen and oxygen atoms in total. The van der Waals surface area contributed by atoms with Crippen LogP contribution in [0.25, 0.3) is 0 Å². The minimum absolute atomic E-state index is 0.105. The molecule has 2 saturated carbocycles. The van der Waals surface area contributed by atoms with Gasteiger partial charge in [-0.1, -0.05) is 38.5 Å². The lowest BCUT2D eigenvalue weighted by Crippen LogP contribution is -2.52. The number of rotatable bonds is 4. The number of urea groups is 1. The Hall–Kier alpha value is -0.810. The van der Waals surface area contributed by atoms with E-state index in [0.717, 1.165) is 57.7 Å². The maximum atomic E-state index is 12.2. The lowest BCUT2D eigenvalue weighted by atomic mass is 9.94. The van der Waals surface area contributed by atoms with Gasteiger partial charge in [0.15, 0.2) is 0 Å². The van der Waals surface area contributed by atoms with Crippen molar-refractivity contribution >= 4 is 6.03 Å². The summed E-state index contributed by atoms with van der Waals surface area (Å²) >= 11 is 0. The van der Waals surface area contributed by atoms with Crippen LogP contribution in [0.2, 0.25) is 0 Å². The molecule has 2 amide bonds. The number of piperidine rings is 1. The Bertz CT molecular complexity index is 393. The zero-order valence-corrected chi connectivity index (χ0v) is 15.1. The molecule has 0 spiro atoms. The summed E-state index contributed by atoms with van der Waals surface area (Å²) in [6.07, 6.45) is 13.8. The highest BCUT2D eigenvalue weighted by atomic mass is 16.3. The Morgan fingerprint density at radius 3 is 2.21 bits per heavy atom. The van der Waals surface area contributed by atoms with Crippen LogP contribution in [-0.4, -0.2) is 53.4 Å². The van der Waals surface area contributed by atoms with Crippen molar-refractivity contribution in [3.63, 3.8) is 0 Å². The summed E-state index contributed by atoms with van der Waals surface area (Å²) in [5.41, 5.74) is -0.695. The molecule has 3 N–H and O–H groups in total. The van der Waals surface area contributed by atoms with Gasteiger partial charge in [-0.15, -0.1) is 0 Å². The van der Waals surface area contributed by atoms with Gasteiger partial charge in [0.2, 0.25) is 0 Å². The maximum absolute atomic E-state index is 12.2. The van der Waals surface area contributed by atoms with E-state index in [1.165, 1.54) is 38.5 Å². The molecule has 1 aliphatic heterocycles. The van der Waals surface area contributed by atoms with Gasteiger partial charge in [-0.25, -0.2) is 4.79 Å². The Kier molecular flexibility index (Phi) is 6.39. The van der Waals surface area contributed by atoms with E-state index in [9.17, 15) is 9.90 Å². The first-order chi connectivity index (χ1) is 11.6. The van der Waals surface area contributed by atoms with E-state index in [1.807, 2.05) is 0 Å². The van der Waals surface area contributed by atoms with Gasteiger partial charge < -0.3 is 20.6 Å². The molecule has 0 atom stereocenters. The monoisotopic (exact) mass is 337 g/mol. The van der Waals surface area contributed by atoms with E-state index in [2.05, 4.69) is 15.5 Å². The van der Waals surface area contributed by atoms with Crippen molar-refractivity contribution in [2.45, 2.75) is 94.7 Å². The lowest BCUT2D eigenvalue weighted by molar-refractivity contribution is 0.0274. The molecule has 5 heteroatoms. The molecule has 3 aliphatic rings. The largest absolute Gasteiger partial charge is 0.388 e. The predicted molar refractivity (Wildman–Crippen MR) is 96.0 cm³/mol. The number of carbonyl (C=O) groups excluding carboxylic acids is 1. The highest BCUT2D eigenvalue weighted by Gasteiger charge is 2.30. The van der Waals surface area contributed by atoms with Gasteiger partial charge in [-0.3, -0.25) is 0 Å². The molecule has 3 rings (SSSR count). The van der Waals surface area contributed by atoms with Crippen molar-refractivity contribution in [1.82, 2.24) is 15.5 Å². The SMILES string of the molecule is O=C(NCC1(O)CCCCCC1)NC1CCN(C2CCCC2)CC1. The number of amides is 2. The molecule has 0 aromatic carbocycles. The van der Waals surface area contributed by atoms with E-state index in [1.54, 1.807) is 0 Å². The fourth-order valence-corrected chi connectivity index (χ4v) is 4.72. The third-order valence-corrected chi connectivity index (χ3v) is 6.32. The molecule has 138 valence electrons. The van der Waals surface area contributed by atoms with Gasteiger partial charge in [0.25, 0.3) is 0 Å². The first-order valence-electron chi connectivity index (χ1n) is 10.2. The van der Waals surface area contributed by atoms with Gasteiger partial charge in [-0.2, -0.15) is 0 Å². The Morgan fingerprint density at radius 1 is 0.958 bits per heavy atom. The second-order valence-corrected chi connectivity index (χ2v) is 8.21. The number of hydrogen-bond donors (Lipinski definition) is 3. The van der Waals surface area contributed by atoms with E-state index in [0.29, 0.717) is 6.54 Å². The van der Waals surface area contributed by atoms with Crippen molar-refractivity contribution in [3.8, 4) is 0 Å². The molecule has 3 fully saturated rings. The van der Waals surface area contributed by atoms with E-state index < -0.39 is 5.60 Å². The van der Waals surface area contributed by atoms with Crippen LogP contribution in [0.5, 0.6) is 0 Å². The standard InChI is InChI=1S/C19H35N3O2/c23-18(20-15-19(24)11-5-1-2-6-12-19)21-16-9-13-22(14-10-16)17-7-3-4-8-17/h16-17,24H,1-15H2,(H2,20,21,23). The molecule has 1 heterocycles. The number of hydrogen-bond acceptors (Lipinski definition) is 3. The fourth-order valence-electron chi connectivity index (χ4n) is 4.72. The first-order valence-corrected chi connectivity index (χ1v) is 10.2. The van der Waals surface area contributed by atoms with Crippen molar-refractivity contribution in [2.24, 2.45) is 0 Å². The summed E-state index contributed by atoms with van der Waals surface area (Å²) in [5.74, 6) is 0. The summed E-state index contributed by atoms with van der Waals surface area (Å²) in [4.78, 5) is 14.8. The molecule has 0 unspecified atom stereocenters. The number of carbonyl (C=O) groups is 1. The second kappa shape index (κ2) is 8.52. The summed E-state index contributed by atoms with van der Waals surface area (Å²) in [6, 6.07) is 0.975. The Morgan fingerprint density at radius 2 is 1.58 bits per heavy atom. The van der Waals surface area contributed by atoms with Gasteiger partial charge >= 0.3 is 6.03 Å². The van der Waals surface area contributed by atoms with Crippen LogP contribution >= 0.6 is 0 Å². The quantitative estimate of drug-likeness (QED) is 0.691. The minimum Gasteiger partial charge on any atom is -0.388 e. The van der Waals surface area contributed by atoms with Crippen LogP contribution in [0.15, 0.2) is 0 Å². The average molecular weight is 338 g/mol. The smallest absolute Gasteiger partial charge is 0.315 e. The lowest BCUT2D eigenvalue weighted by Gasteiger charge is -2.36. The molecular weight excluding hydrogens is 302 g/mol. The third kappa shape index (κ3) is 5.09. The predicted octanol–water partition coefficient (Wildman–Crippen LogP) is 2.78. The molecule has 0 radical (unpaired) electrons. The number of aliphatic hydroxyl groups is 1. The van der Waals surface area contributed by atoms with Crippen LogP contribution in [-0.2, 0) is 0 Å².